The first kappa shape index (κ1) is 19.4. The number of nitrogens with one attached hydrogen (secondary N) is 1. The van der Waals surface area contributed by atoms with E-state index in [0.717, 1.165) is 54.1 Å². The summed E-state index contributed by atoms with van der Waals surface area (Å²) in [6.07, 6.45) is 8.68. The van der Waals surface area contributed by atoms with Gasteiger partial charge in [-0.05, 0) is 31.5 Å². The van der Waals surface area contributed by atoms with Gasteiger partial charge in [-0.15, -0.1) is 23.7 Å². The van der Waals surface area contributed by atoms with Gasteiger partial charge in [0, 0.05) is 35.4 Å². The van der Waals surface area contributed by atoms with Crippen molar-refractivity contribution >= 4 is 40.3 Å². The van der Waals surface area contributed by atoms with E-state index in [9.17, 15) is 4.79 Å². The predicted octanol–water partition coefficient (Wildman–Crippen LogP) is 4.33. The first-order valence-corrected chi connectivity index (χ1v) is 9.17. The highest BCUT2D eigenvalue weighted by Gasteiger charge is 2.06. The topological polar surface area (TPSA) is 72.4 Å². The van der Waals surface area contributed by atoms with Crippen LogP contribution in [0.25, 0.3) is 16.2 Å². The largest absolute Gasteiger partial charge is 0.330 e. The molecule has 0 atom stereocenters. The van der Waals surface area contributed by atoms with E-state index in [4.69, 9.17) is 5.73 Å². The third-order valence-electron chi connectivity index (χ3n) is 3.92. The number of thiazole rings is 1. The molecule has 0 aliphatic rings. The van der Waals surface area contributed by atoms with Gasteiger partial charge in [-0.3, -0.25) is 9.20 Å². The maximum atomic E-state index is 11.9. The van der Waals surface area contributed by atoms with Crippen molar-refractivity contribution in [3.05, 3.63) is 42.0 Å². The van der Waals surface area contributed by atoms with Crippen LogP contribution in [0.5, 0.6) is 0 Å². The van der Waals surface area contributed by atoms with Gasteiger partial charge in [-0.1, -0.05) is 25.0 Å². The third kappa shape index (κ3) is 5.29. The highest BCUT2D eigenvalue weighted by Crippen LogP contribution is 2.23. The van der Waals surface area contributed by atoms with E-state index in [2.05, 4.69) is 10.3 Å². The van der Waals surface area contributed by atoms with Crippen LogP contribution in [-0.2, 0) is 4.79 Å². The number of halogens is 1. The van der Waals surface area contributed by atoms with Crippen LogP contribution in [0.3, 0.4) is 0 Å². The zero-order valence-corrected chi connectivity index (χ0v) is 15.6. The Bertz CT molecular complexity index is 768. The molecular formula is C18H23ClN4OS. The average Bonchev–Trinajstić information content (AvgIpc) is 3.17. The Morgan fingerprint density at radius 2 is 1.92 bits per heavy atom. The average molecular weight is 379 g/mol. The molecule has 0 bridgehead atoms. The van der Waals surface area contributed by atoms with Crippen molar-refractivity contribution in [2.24, 2.45) is 5.73 Å². The van der Waals surface area contributed by atoms with E-state index in [0.29, 0.717) is 6.42 Å². The van der Waals surface area contributed by atoms with Crippen LogP contribution in [0.2, 0.25) is 0 Å². The fraction of sp³-hybridized carbons (Fsp3) is 0.333. The SMILES string of the molecule is Cl.NCCCCCCC(=O)Nc1ccc(-c2cn3ccsc3n2)cc1. The lowest BCUT2D eigenvalue weighted by Gasteiger charge is -2.06. The molecule has 0 aliphatic carbocycles. The summed E-state index contributed by atoms with van der Waals surface area (Å²) in [5.41, 5.74) is 8.27. The minimum absolute atomic E-state index is 0. The van der Waals surface area contributed by atoms with Crippen molar-refractivity contribution < 1.29 is 4.79 Å². The zero-order valence-electron chi connectivity index (χ0n) is 14.0. The number of anilines is 1. The Kier molecular flexibility index (Phi) is 7.43. The summed E-state index contributed by atoms with van der Waals surface area (Å²) in [6.45, 7) is 0.729. The minimum Gasteiger partial charge on any atom is -0.330 e. The molecule has 134 valence electrons. The second kappa shape index (κ2) is 9.56. The standard InChI is InChI=1S/C18H22N4OS.ClH/c19-10-4-2-1-3-5-17(23)20-15-8-6-14(7-9-15)16-13-22-11-12-24-18(22)21-16;/h6-9,11-13H,1-5,10,19H2,(H,20,23);1H. The lowest BCUT2D eigenvalue weighted by atomic mass is 10.1. The quantitative estimate of drug-likeness (QED) is 0.573. The Morgan fingerprint density at radius 3 is 2.64 bits per heavy atom. The Hall–Kier alpha value is -1.89. The number of rotatable bonds is 8. The van der Waals surface area contributed by atoms with Gasteiger partial charge in [0.1, 0.15) is 0 Å². The fourth-order valence-corrected chi connectivity index (χ4v) is 3.30. The molecule has 0 saturated carbocycles. The van der Waals surface area contributed by atoms with Gasteiger partial charge in [-0.2, -0.15) is 0 Å². The van der Waals surface area contributed by atoms with Crippen molar-refractivity contribution in [2.45, 2.75) is 32.1 Å². The summed E-state index contributed by atoms with van der Waals surface area (Å²) in [5, 5.41) is 4.96. The van der Waals surface area contributed by atoms with Crippen LogP contribution < -0.4 is 11.1 Å². The number of carbonyl (C=O) groups is 1. The lowest BCUT2D eigenvalue weighted by Crippen LogP contribution is -2.11. The van der Waals surface area contributed by atoms with Gasteiger partial charge in [0.05, 0.1) is 5.69 Å². The first-order valence-electron chi connectivity index (χ1n) is 8.29. The number of nitrogens with zero attached hydrogens (tertiary/aromatic N) is 2. The second-order valence-corrected chi connectivity index (χ2v) is 6.67. The normalized spacial score (nSPS) is 10.6. The number of amides is 1. The first-order chi connectivity index (χ1) is 11.8. The van der Waals surface area contributed by atoms with Crippen molar-refractivity contribution in [2.75, 3.05) is 11.9 Å². The number of hydrogen-bond donors (Lipinski definition) is 2. The van der Waals surface area contributed by atoms with Gasteiger partial charge in [0.2, 0.25) is 5.91 Å². The molecule has 0 saturated heterocycles. The van der Waals surface area contributed by atoms with Gasteiger partial charge in [0.25, 0.3) is 0 Å². The highest BCUT2D eigenvalue weighted by molar-refractivity contribution is 7.15. The van der Waals surface area contributed by atoms with Crippen LogP contribution in [0.15, 0.2) is 42.0 Å². The van der Waals surface area contributed by atoms with E-state index in [-0.39, 0.29) is 18.3 Å². The molecule has 0 unspecified atom stereocenters. The molecule has 7 heteroatoms. The highest BCUT2D eigenvalue weighted by atomic mass is 35.5. The zero-order chi connectivity index (χ0) is 16.8. The maximum Gasteiger partial charge on any atom is 0.224 e. The molecule has 1 amide bonds. The number of hydrogen-bond acceptors (Lipinski definition) is 4. The third-order valence-corrected chi connectivity index (χ3v) is 4.69. The summed E-state index contributed by atoms with van der Waals surface area (Å²) in [4.78, 5) is 17.5. The fourth-order valence-electron chi connectivity index (χ4n) is 2.60. The summed E-state index contributed by atoms with van der Waals surface area (Å²) in [5.74, 6) is 0.0676. The van der Waals surface area contributed by atoms with E-state index in [1.54, 1.807) is 11.3 Å². The number of nitrogens with two attached hydrogens (primary N) is 1. The molecule has 25 heavy (non-hydrogen) atoms. The van der Waals surface area contributed by atoms with Gasteiger partial charge in [-0.25, -0.2) is 4.98 Å². The van der Waals surface area contributed by atoms with E-state index < -0.39 is 0 Å². The molecule has 0 radical (unpaired) electrons. The van der Waals surface area contributed by atoms with E-state index in [1.807, 2.05) is 46.4 Å². The number of aromatic nitrogens is 2. The van der Waals surface area contributed by atoms with Crippen LogP contribution in [-0.4, -0.2) is 21.8 Å². The number of benzene rings is 1. The van der Waals surface area contributed by atoms with Crippen LogP contribution in [0, 0.1) is 0 Å². The van der Waals surface area contributed by atoms with Crippen LogP contribution in [0.4, 0.5) is 5.69 Å². The summed E-state index contributed by atoms with van der Waals surface area (Å²) < 4.78 is 2.01. The lowest BCUT2D eigenvalue weighted by molar-refractivity contribution is -0.116. The van der Waals surface area contributed by atoms with Gasteiger partial charge >= 0.3 is 0 Å². The molecule has 2 aromatic heterocycles. The molecule has 2 heterocycles. The van der Waals surface area contributed by atoms with Crippen molar-refractivity contribution in [3.63, 3.8) is 0 Å². The second-order valence-electron chi connectivity index (χ2n) is 5.80. The van der Waals surface area contributed by atoms with Crippen molar-refractivity contribution in [3.8, 4) is 11.3 Å². The number of fused-ring (bicyclic) bond motifs is 1. The molecular weight excluding hydrogens is 356 g/mol. The van der Waals surface area contributed by atoms with E-state index >= 15 is 0 Å². The monoisotopic (exact) mass is 378 g/mol. The molecule has 3 aromatic rings. The molecule has 3 N–H and O–H groups in total. The number of carbonyl (C=O) groups excluding carboxylic acids is 1. The summed E-state index contributed by atoms with van der Waals surface area (Å²) in [6, 6.07) is 7.83. The van der Waals surface area contributed by atoms with Crippen molar-refractivity contribution in [1.29, 1.82) is 0 Å². The summed E-state index contributed by atoms with van der Waals surface area (Å²) in [7, 11) is 0. The predicted molar refractivity (Wildman–Crippen MR) is 107 cm³/mol. The Morgan fingerprint density at radius 1 is 1.16 bits per heavy atom. The van der Waals surface area contributed by atoms with Crippen molar-refractivity contribution in [1.82, 2.24) is 9.38 Å². The molecule has 5 nitrogen and oxygen atoms in total. The Balaban J connectivity index is 0.00000225. The minimum atomic E-state index is 0. The van der Waals surface area contributed by atoms with Crippen LogP contribution >= 0.6 is 23.7 Å². The van der Waals surface area contributed by atoms with Gasteiger partial charge in [0.15, 0.2) is 4.96 Å². The Labute approximate surface area is 157 Å². The molecule has 0 spiro atoms. The number of imidazole rings is 1. The maximum absolute atomic E-state index is 11.9. The van der Waals surface area contributed by atoms with Gasteiger partial charge < -0.3 is 11.1 Å². The smallest absolute Gasteiger partial charge is 0.224 e. The van der Waals surface area contributed by atoms with Crippen LogP contribution in [0.1, 0.15) is 32.1 Å². The number of unbranched alkanes of at least 4 members (excludes halogenated alkanes) is 3. The molecule has 3 rings (SSSR count). The molecule has 0 fully saturated rings. The van der Waals surface area contributed by atoms with E-state index in [1.165, 1.54) is 0 Å². The molecule has 0 aliphatic heterocycles. The molecule has 1 aromatic carbocycles. The summed E-state index contributed by atoms with van der Waals surface area (Å²) >= 11 is 1.61.